The van der Waals surface area contributed by atoms with Gasteiger partial charge < -0.3 is 15.1 Å². The second kappa shape index (κ2) is 10.3. The Kier molecular flexibility index (Phi) is 7.25. The lowest BCUT2D eigenvalue weighted by molar-refractivity contribution is -0.137. The summed E-state index contributed by atoms with van der Waals surface area (Å²) in [5.41, 5.74) is 1.00. The molecule has 3 fully saturated rings. The minimum Gasteiger partial charge on any atom is -0.354 e. The Morgan fingerprint density at radius 2 is 1.52 bits per heavy atom. The predicted molar refractivity (Wildman–Crippen MR) is 119 cm³/mol. The van der Waals surface area contributed by atoms with Gasteiger partial charge >= 0.3 is 0 Å². The van der Waals surface area contributed by atoms with Crippen LogP contribution >= 0.6 is 0 Å². The molecule has 0 bridgehead atoms. The highest BCUT2D eigenvalue weighted by atomic mass is 16.2. The first-order valence-corrected chi connectivity index (χ1v) is 12.0. The Morgan fingerprint density at radius 1 is 0.806 bits per heavy atom. The maximum atomic E-state index is 13.2. The van der Waals surface area contributed by atoms with Crippen LogP contribution in [0, 0.1) is 11.8 Å². The molecule has 1 atom stereocenters. The first-order valence-electron chi connectivity index (χ1n) is 12.0. The highest BCUT2D eigenvalue weighted by Gasteiger charge is 2.37. The first kappa shape index (κ1) is 21.8. The molecule has 31 heavy (non-hydrogen) atoms. The molecule has 2 saturated carbocycles. The third-order valence-corrected chi connectivity index (χ3v) is 6.95. The van der Waals surface area contributed by atoms with Gasteiger partial charge in [-0.1, -0.05) is 49.6 Å². The molecular weight excluding hydrogens is 390 g/mol. The van der Waals surface area contributed by atoms with Crippen LogP contribution in [0.15, 0.2) is 30.3 Å². The summed E-state index contributed by atoms with van der Waals surface area (Å²) in [6, 6.07) is 9.63. The molecule has 168 valence electrons. The third-order valence-electron chi connectivity index (χ3n) is 6.95. The van der Waals surface area contributed by atoms with Gasteiger partial charge in [-0.3, -0.25) is 14.4 Å². The molecular formula is C25H35N3O3. The zero-order valence-corrected chi connectivity index (χ0v) is 18.4. The van der Waals surface area contributed by atoms with Crippen molar-refractivity contribution in [2.45, 2.75) is 63.8 Å². The highest BCUT2D eigenvalue weighted by Crippen LogP contribution is 2.35. The number of rotatable bonds is 3. The van der Waals surface area contributed by atoms with Crippen molar-refractivity contribution < 1.29 is 14.4 Å². The van der Waals surface area contributed by atoms with Crippen LogP contribution in [-0.4, -0.2) is 53.7 Å². The molecule has 1 aromatic carbocycles. The smallest absolute Gasteiger partial charge is 0.226 e. The summed E-state index contributed by atoms with van der Waals surface area (Å²) in [6.07, 6.45) is 8.32. The van der Waals surface area contributed by atoms with Crippen LogP contribution in [-0.2, 0) is 14.4 Å². The molecule has 1 aliphatic heterocycles. The summed E-state index contributed by atoms with van der Waals surface area (Å²) < 4.78 is 0. The summed E-state index contributed by atoms with van der Waals surface area (Å²) in [5, 5.41) is 3.00. The molecule has 4 rings (SSSR count). The third kappa shape index (κ3) is 5.66. The van der Waals surface area contributed by atoms with Crippen molar-refractivity contribution >= 4 is 17.7 Å². The molecule has 3 aliphatic rings. The number of nitrogens with zero attached hydrogens (tertiary/aromatic N) is 2. The van der Waals surface area contributed by atoms with E-state index in [1.807, 2.05) is 40.1 Å². The fraction of sp³-hybridized carbons (Fsp3) is 0.640. The van der Waals surface area contributed by atoms with Gasteiger partial charge in [0.25, 0.3) is 0 Å². The maximum Gasteiger partial charge on any atom is 0.226 e. The Hall–Kier alpha value is -2.37. The van der Waals surface area contributed by atoms with Crippen molar-refractivity contribution in [3.63, 3.8) is 0 Å². The lowest BCUT2D eigenvalue weighted by atomic mass is 9.88. The Morgan fingerprint density at radius 3 is 2.23 bits per heavy atom. The lowest BCUT2D eigenvalue weighted by Crippen LogP contribution is -2.42. The van der Waals surface area contributed by atoms with Crippen molar-refractivity contribution in [1.29, 1.82) is 0 Å². The summed E-state index contributed by atoms with van der Waals surface area (Å²) >= 11 is 0. The SMILES string of the molecule is O=C1CC(c2ccccc2)N(C(=O)C2CC2)CCCN(C(=O)C2CCCCC2)CCN1. The number of benzene rings is 1. The van der Waals surface area contributed by atoms with E-state index < -0.39 is 0 Å². The standard InChI is InChI=1S/C25H35N3O3/c29-23-18-22(19-8-3-1-4-9-19)28(25(31)21-12-13-21)16-7-15-27(17-14-26-23)24(30)20-10-5-2-6-11-20/h1,3-4,8-9,20-22H,2,5-7,10-18H2,(H,26,29). The van der Waals surface area contributed by atoms with E-state index in [4.69, 9.17) is 0 Å². The van der Waals surface area contributed by atoms with Crippen LogP contribution < -0.4 is 5.32 Å². The summed E-state index contributed by atoms with van der Waals surface area (Å²) in [4.78, 5) is 42.9. The van der Waals surface area contributed by atoms with E-state index in [-0.39, 0.29) is 42.0 Å². The van der Waals surface area contributed by atoms with E-state index in [0.717, 1.165) is 50.5 Å². The van der Waals surface area contributed by atoms with Crippen LogP contribution in [0.25, 0.3) is 0 Å². The van der Waals surface area contributed by atoms with E-state index in [2.05, 4.69) is 5.32 Å². The molecule has 1 aromatic rings. The van der Waals surface area contributed by atoms with Crippen LogP contribution in [0.4, 0.5) is 0 Å². The predicted octanol–water partition coefficient (Wildman–Crippen LogP) is 3.29. The molecule has 1 unspecified atom stereocenters. The van der Waals surface area contributed by atoms with Gasteiger partial charge in [0, 0.05) is 38.0 Å². The van der Waals surface area contributed by atoms with Crippen LogP contribution in [0.2, 0.25) is 0 Å². The number of carbonyl (C=O) groups excluding carboxylic acids is 3. The summed E-state index contributed by atoms with van der Waals surface area (Å²) in [7, 11) is 0. The molecule has 0 spiro atoms. The van der Waals surface area contributed by atoms with E-state index in [1.165, 1.54) is 6.42 Å². The molecule has 1 N–H and O–H groups in total. The summed E-state index contributed by atoms with van der Waals surface area (Å²) in [6.45, 7) is 2.24. The molecule has 0 radical (unpaired) electrons. The van der Waals surface area contributed by atoms with Crippen molar-refractivity contribution in [2.24, 2.45) is 11.8 Å². The van der Waals surface area contributed by atoms with E-state index >= 15 is 0 Å². The molecule has 1 heterocycles. The molecule has 1 saturated heterocycles. The number of amides is 3. The second-order valence-corrected chi connectivity index (χ2v) is 9.30. The average molecular weight is 426 g/mol. The number of hydrogen-bond acceptors (Lipinski definition) is 3. The monoisotopic (exact) mass is 425 g/mol. The van der Waals surface area contributed by atoms with Crippen molar-refractivity contribution in [3.05, 3.63) is 35.9 Å². The van der Waals surface area contributed by atoms with E-state index in [1.54, 1.807) is 0 Å². The number of carbonyl (C=O) groups is 3. The molecule has 6 nitrogen and oxygen atoms in total. The second-order valence-electron chi connectivity index (χ2n) is 9.30. The number of hydrogen-bond donors (Lipinski definition) is 1. The van der Waals surface area contributed by atoms with Gasteiger partial charge in [-0.25, -0.2) is 0 Å². The normalized spacial score (nSPS) is 24.3. The topological polar surface area (TPSA) is 69.7 Å². The maximum absolute atomic E-state index is 13.2. The van der Waals surface area contributed by atoms with E-state index in [9.17, 15) is 14.4 Å². The molecule has 2 aliphatic carbocycles. The van der Waals surface area contributed by atoms with Gasteiger partial charge in [0.05, 0.1) is 12.5 Å². The van der Waals surface area contributed by atoms with Gasteiger partial charge in [0.1, 0.15) is 0 Å². The zero-order chi connectivity index (χ0) is 21.6. The minimum absolute atomic E-state index is 0.0607. The zero-order valence-electron chi connectivity index (χ0n) is 18.4. The van der Waals surface area contributed by atoms with Gasteiger partial charge in [0.2, 0.25) is 17.7 Å². The Bertz CT molecular complexity index is 771. The first-order chi connectivity index (χ1) is 15.1. The van der Waals surface area contributed by atoms with Gasteiger partial charge in [-0.05, 0) is 37.7 Å². The van der Waals surface area contributed by atoms with Crippen molar-refractivity contribution in [3.8, 4) is 0 Å². The van der Waals surface area contributed by atoms with Crippen LogP contribution in [0.5, 0.6) is 0 Å². The minimum atomic E-state index is -0.255. The van der Waals surface area contributed by atoms with Crippen LogP contribution in [0.3, 0.4) is 0 Å². The molecule has 6 heteroatoms. The van der Waals surface area contributed by atoms with Gasteiger partial charge in [-0.15, -0.1) is 0 Å². The van der Waals surface area contributed by atoms with Gasteiger partial charge in [0.15, 0.2) is 0 Å². The van der Waals surface area contributed by atoms with Gasteiger partial charge in [-0.2, -0.15) is 0 Å². The fourth-order valence-electron chi connectivity index (χ4n) is 5.02. The van der Waals surface area contributed by atoms with E-state index in [0.29, 0.717) is 26.2 Å². The number of nitrogens with one attached hydrogen (secondary N) is 1. The molecule has 3 amide bonds. The van der Waals surface area contributed by atoms with Crippen LogP contribution in [0.1, 0.15) is 69.4 Å². The van der Waals surface area contributed by atoms with Crippen molar-refractivity contribution in [1.82, 2.24) is 15.1 Å². The van der Waals surface area contributed by atoms with Crippen molar-refractivity contribution in [2.75, 3.05) is 26.2 Å². The average Bonchev–Trinajstić information content (AvgIpc) is 3.65. The Balaban J connectivity index is 1.52. The summed E-state index contributed by atoms with van der Waals surface area (Å²) in [5.74, 6) is 0.545. The quantitative estimate of drug-likeness (QED) is 0.808. The fourth-order valence-corrected chi connectivity index (χ4v) is 5.02. The largest absolute Gasteiger partial charge is 0.354 e. The Labute approximate surface area is 185 Å². The molecule has 0 aromatic heterocycles. The lowest BCUT2D eigenvalue weighted by Gasteiger charge is -2.33. The highest BCUT2D eigenvalue weighted by molar-refractivity contribution is 5.83.